The molecular formula is C32H29F3N6O3S. The van der Waals surface area contributed by atoms with Gasteiger partial charge in [-0.25, -0.2) is 14.5 Å². The molecule has 45 heavy (non-hydrogen) atoms. The topological polar surface area (TPSA) is 102 Å². The van der Waals surface area contributed by atoms with E-state index in [0.29, 0.717) is 22.4 Å². The first-order valence-corrected chi connectivity index (χ1v) is 14.9. The SMILES string of the molecule is C/C(=C\c1ccc(-c2ncn(-c3ccc(OC(F)(F)F)cc3)n2)cc1)NC(=O)N=C1SCC(=O)N1c1cccc(C)c1C(C)C. The average molecular weight is 635 g/mol. The van der Waals surface area contributed by atoms with Crippen LogP contribution in [0.1, 0.15) is 43.4 Å². The Morgan fingerprint density at radius 3 is 2.47 bits per heavy atom. The Bertz CT molecular complexity index is 1780. The van der Waals surface area contributed by atoms with Crippen LogP contribution in [-0.2, 0) is 4.79 Å². The maximum Gasteiger partial charge on any atom is 0.573 e. The van der Waals surface area contributed by atoms with Crippen molar-refractivity contribution < 1.29 is 27.5 Å². The average Bonchev–Trinajstić information content (AvgIpc) is 3.59. The fourth-order valence-electron chi connectivity index (χ4n) is 4.91. The number of aromatic nitrogens is 3. The maximum absolute atomic E-state index is 12.8. The highest BCUT2D eigenvalue weighted by molar-refractivity contribution is 8.15. The van der Waals surface area contributed by atoms with Crippen molar-refractivity contribution in [3.63, 3.8) is 0 Å². The van der Waals surface area contributed by atoms with Gasteiger partial charge in [0.05, 0.1) is 17.1 Å². The van der Waals surface area contributed by atoms with E-state index in [-0.39, 0.29) is 23.3 Å². The predicted molar refractivity (Wildman–Crippen MR) is 168 cm³/mol. The Morgan fingerprint density at radius 1 is 1.09 bits per heavy atom. The van der Waals surface area contributed by atoms with Crippen LogP contribution in [0, 0.1) is 6.92 Å². The van der Waals surface area contributed by atoms with Gasteiger partial charge in [0.2, 0.25) is 5.91 Å². The number of halogens is 3. The van der Waals surface area contributed by atoms with Crippen molar-refractivity contribution in [1.82, 2.24) is 20.1 Å². The number of carbonyl (C=O) groups excluding carboxylic acids is 2. The van der Waals surface area contributed by atoms with Gasteiger partial charge in [-0.3, -0.25) is 9.69 Å². The van der Waals surface area contributed by atoms with E-state index >= 15 is 0 Å². The molecular weight excluding hydrogens is 605 g/mol. The lowest BCUT2D eigenvalue weighted by molar-refractivity contribution is -0.274. The van der Waals surface area contributed by atoms with Crippen molar-refractivity contribution in [2.24, 2.45) is 4.99 Å². The van der Waals surface area contributed by atoms with E-state index in [4.69, 9.17) is 0 Å². The van der Waals surface area contributed by atoms with Crippen LogP contribution < -0.4 is 15.0 Å². The molecule has 13 heteroatoms. The van der Waals surface area contributed by atoms with Crippen LogP contribution in [0.2, 0.25) is 0 Å². The number of hydrogen-bond acceptors (Lipinski definition) is 6. The summed E-state index contributed by atoms with van der Waals surface area (Å²) in [4.78, 5) is 35.7. The highest BCUT2D eigenvalue weighted by atomic mass is 32.2. The number of aryl methyl sites for hydroxylation is 1. The molecule has 1 aliphatic rings. The highest BCUT2D eigenvalue weighted by Gasteiger charge is 2.33. The molecule has 1 fully saturated rings. The third-order valence-corrected chi connectivity index (χ3v) is 7.69. The summed E-state index contributed by atoms with van der Waals surface area (Å²) >= 11 is 1.23. The van der Waals surface area contributed by atoms with E-state index in [1.807, 2.05) is 49.4 Å². The summed E-state index contributed by atoms with van der Waals surface area (Å²) in [5, 5.41) is 7.50. The van der Waals surface area contributed by atoms with Crippen molar-refractivity contribution in [2.45, 2.75) is 40.0 Å². The highest BCUT2D eigenvalue weighted by Crippen LogP contribution is 2.35. The Morgan fingerprint density at radius 2 is 1.80 bits per heavy atom. The number of amides is 3. The number of thioether (sulfide) groups is 1. The number of hydrogen-bond donors (Lipinski definition) is 1. The van der Waals surface area contributed by atoms with Gasteiger partial charge in [-0.2, -0.15) is 4.99 Å². The van der Waals surface area contributed by atoms with Crippen molar-refractivity contribution in [1.29, 1.82) is 0 Å². The molecule has 5 rings (SSSR count). The second-order valence-corrected chi connectivity index (χ2v) is 11.5. The standard InChI is InChI=1S/C32H29F3N6O3S/c1-19(2)28-20(3)6-5-7-26(28)41-27(42)17-45-31(41)38-30(43)37-21(4)16-22-8-10-23(11-9-22)29-36-18-40(39-29)24-12-14-25(15-13-24)44-32(33,34)35/h5-16,18-19H,17H2,1-4H3,(H,37,43)/b21-16+,38-31?. The van der Waals surface area contributed by atoms with Crippen LogP contribution in [0.4, 0.5) is 23.7 Å². The molecule has 9 nitrogen and oxygen atoms in total. The smallest absolute Gasteiger partial charge is 0.406 e. The summed E-state index contributed by atoms with van der Waals surface area (Å²) in [7, 11) is 0. The minimum Gasteiger partial charge on any atom is -0.406 e. The second kappa shape index (κ2) is 13.0. The number of anilines is 1. The number of ether oxygens (including phenoxy) is 1. The molecule has 0 bridgehead atoms. The van der Waals surface area contributed by atoms with Crippen LogP contribution >= 0.6 is 11.8 Å². The van der Waals surface area contributed by atoms with Crippen LogP contribution in [-0.4, -0.2) is 44.0 Å². The quantitative estimate of drug-likeness (QED) is 0.226. The molecule has 3 aromatic carbocycles. The molecule has 0 unspecified atom stereocenters. The molecule has 0 radical (unpaired) electrons. The van der Waals surface area contributed by atoms with Gasteiger partial charge in [-0.15, -0.1) is 18.3 Å². The fraction of sp³-hybridized carbons (Fsp3) is 0.219. The molecule has 0 saturated carbocycles. The van der Waals surface area contributed by atoms with E-state index in [1.165, 1.54) is 51.9 Å². The van der Waals surface area contributed by atoms with Gasteiger partial charge in [-0.1, -0.05) is 62.0 Å². The molecule has 1 saturated heterocycles. The maximum atomic E-state index is 12.8. The zero-order valence-electron chi connectivity index (χ0n) is 24.8. The zero-order valence-corrected chi connectivity index (χ0v) is 25.6. The third kappa shape index (κ3) is 7.60. The molecule has 0 aliphatic carbocycles. The van der Waals surface area contributed by atoms with Crippen LogP contribution in [0.25, 0.3) is 23.2 Å². The van der Waals surface area contributed by atoms with E-state index in [0.717, 1.165) is 27.9 Å². The molecule has 3 amide bonds. The minimum absolute atomic E-state index is 0.126. The van der Waals surface area contributed by atoms with Gasteiger partial charge in [-0.05, 0) is 72.9 Å². The van der Waals surface area contributed by atoms with Crippen molar-refractivity contribution in [3.8, 4) is 22.8 Å². The molecule has 232 valence electrons. The van der Waals surface area contributed by atoms with E-state index in [1.54, 1.807) is 13.0 Å². The first-order chi connectivity index (χ1) is 21.4. The molecule has 4 aromatic rings. The Labute approximate surface area is 261 Å². The fourth-order valence-corrected chi connectivity index (χ4v) is 5.77. The second-order valence-electron chi connectivity index (χ2n) is 10.5. The molecule has 2 heterocycles. The summed E-state index contributed by atoms with van der Waals surface area (Å²) in [5.41, 5.74) is 5.44. The van der Waals surface area contributed by atoms with Gasteiger partial charge in [0.25, 0.3) is 0 Å². The van der Waals surface area contributed by atoms with Gasteiger partial charge < -0.3 is 10.1 Å². The van der Waals surface area contributed by atoms with E-state index in [9.17, 15) is 22.8 Å². The Kier molecular flexibility index (Phi) is 9.09. The minimum atomic E-state index is -4.76. The number of carbonyl (C=O) groups is 2. The van der Waals surface area contributed by atoms with Crippen molar-refractivity contribution in [3.05, 3.63) is 95.4 Å². The van der Waals surface area contributed by atoms with Gasteiger partial charge >= 0.3 is 12.4 Å². The lowest BCUT2D eigenvalue weighted by atomic mass is 9.95. The van der Waals surface area contributed by atoms with E-state index < -0.39 is 12.4 Å². The van der Waals surface area contributed by atoms with Gasteiger partial charge in [0.15, 0.2) is 11.0 Å². The number of amidine groups is 1. The number of alkyl halides is 3. The summed E-state index contributed by atoms with van der Waals surface area (Å²) in [5.74, 6) is 0.352. The monoisotopic (exact) mass is 634 g/mol. The molecule has 1 N–H and O–H groups in total. The number of allylic oxidation sites excluding steroid dienone is 1. The molecule has 0 atom stereocenters. The third-order valence-electron chi connectivity index (χ3n) is 6.76. The number of nitrogens with zero attached hydrogens (tertiary/aromatic N) is 5. The summed E-state index contributed by atoms with van der Waals surface area (Å²) < 4.78 is 42.6. The Balaban J connectivity index is 1.25. The number of urea groups is 1. The number of nitrogens with one attached hydrogen (secondary N) is 1. The zero-order chi connectivity index (χ0) is 32.3. The normalized spacial score (nSPS) is 14.8. The summed E-state index contributed by atoms with van der Waals surface area (Å²) in [6.45, 7) is 7.87. The molecule has 0 spiro atoms. The molecule has 1 aliphatic heterocycles. The van der Waals surface area contributed by atoms with E-state index in [2.05, 4.69) is 39.0 Å². The number of rotatable bonds is 7. The van der Waals surface area contributed by atoms with Crippen molar-refractivity contribution >= 4 is 40.6 Å². The first kappa shape index (κ1) is 31.5. The molecule has 1 aromatic heterocycles. The lowest BCUT2D eigenvalue weighted by Crippen LogP contribution is -2.32. The van der Waals surface area contributed by atoms with Gasteiger partial charge in [0, 0.05) is 11.3 Å². The van der Waals surface area contributed by atoms with Crippen LogP contribution in [0.5, 0.6) is 5.75 Å². The first-order valence-electron chi connectivity index (χ1n) is 13.9. The van der Waals surface area contributed by atoms with Crippen molar-refractivity contribution in [2.75, 3.05) is 10.7 Å². The summed E-state index contributed by atoms with van der Waals surface area (Å²) in [6, 6.07) is 17.8. The number of aliphatic imine (C=N–C) groups is 1. The summed E-state index contributed by atoms with van der Waals surface area (Å²) in [6.07, 6.45) is -1.52. The van der Waals surface area contributed by atoms with Crippen LogP contribution in [0.3, 0.4) is 0 Å². The predicted octanol–water partition coefficient (Wildman–Crippen LogP) is 7.47. The van der Waals surface area contributed by atoms with Crippen LogP contribution in [0.15, 0.2) is 83.7 Å². The number of benzene rings is 3. The largest absolute Gasteiger partial charge is 0.573 e. The Hall–Kier alpha value is -4.91. The van der Waals surface area contributed by atoms with Gasteiger partial charge in [0.1, 0.15) is 12.1 Å². The lowest BCUT2D eigenvalue weighted by Gasteiger charge is -2.23.